The van der Waals surface area contributed by atoms with E-state index in [9.17, 15) is 14.0 Å². The van der Waals surface area contributed by atoms with E-state index < -0.39 is 23.6 Å². The highest BCUT2D eigenvalue weighted by atomic mass is 35.5. The molecule has 2 atom stereocenters. The van der Waals surface area contributed by atoms with Gasteiger partial charge in [-0.15, -0.1) is 0 Å². The molecular formula is C15H18ClFN2O3. The van der Waals surface area contributed by atoms with Gasteiger partial charge in [0.15, 0.2) is 0 Å². The number of hydrogen-bond acceptors (Lipinski definition) is 4. The first-order valence-corrected chi connectivity index (χ1v) is 7.43. The predicted octanol–water partition coefficient (Wildman–Crippen LogP) is 1.46. The van der Waals surface area contributed by atoms with Crippen LogP contribution in [0.25, 0.3) is 0 Å². The largest absolute Gasteiger partial charge is 0.372 e. The summed E-state index contributed by atoms with van der Waals surface area (Å²) in [6, 6.07) is 4.57. The van der Waals surface area contributed by atoms with E-state index >= 15 is 0 Å². The van der Waals surface area contributed by atoms with E-state index in [-0.39, 0.29) is 17.5 Å². The minimum Gasteiger partial charge on any atom is -0.372 e. The topological polar surface area (TPSA) is 67.4 Å². The maximum Gasteiger partial charge on any atom is 0.287 e. The van der Waals surface area contributed by atoms with Crippen LogP contribution in [0.1, 0.15) is 18.6 Å². The maximum absolute atomic E-state index is 13.7. The summed E-state index contributed by atoms with van der Waals surface area (Å²) < 4.78 is 19.4. The lowest BCUT2D eigenvalue weighted by Gasteiger charge is -2.26. The van der Waals surface area contributed by atoms with Gasteiger partial charge in [-0.3, -0.25) is 9.59 Å². The van der Waals surface area contributed by atoms with Gasteiger partial charge in [0, 0.05) is 38.0 Å². The van der Waals surface area contributed by atoms with Crippen molar-refractivity contribution in [1.82, 2.24) is 10.6 Å². The molecule has 1 saturated heterocycles. The Kier molecular flexibility index (Phi) is 5.88. The SMILES string of the molecule is CC(=O)C(=O)NC[C@@H]1CNCCO[C@H]1c1cccc(F)c1Cl. The highest BCUT2D eigenvalue weighted by Crippen LogP contribution is 2.33. The first kappa shape index (κ1) is 16.9. The number of Topliss-reactive ketones (excluding diaryl/α,β-unsaturated/α-hetero) is 1. The summed E-state index contributed by atoms with van der Waals surface area (Å²) >= 11 is 6.04. The van der Waals surface area contributed by atoms with Crippen LogP contribution in [0.4, 0.5) is 4.39 Å². The summed E-state index contributed by atoms with van der Waals surface area (Å²) in [5, 5.41) is 5.78. The molecule has 1 aromatic carbocycles. The molecular weight excluding hydrogens is 311 g/mol. The van der Waals surface area contributed by atoms with Crippen molar-refractivity contribution in [3.8, 4) is 0 Å². The molecule has 0 saturated carbocycles. The molecule has 0 aromatic heterocycles. The summed E-state index contributed by atoms with van der Waals surface area (Å²) in [6.45, 7) is 3.12. The zero-order valence-electron chi connectivity index (χ0n) is 12.2. The second-order valence-electron chi connectivity index (χ2n) is 5.16. The average molecular weight is 329 g/mol. The molecule has 0 aliphatic carbocycles. The Morgan fingerprint density at radius 2 is 2.27 bits per heavy atom. The molecule has 0 radical (unpaired) electrons. The van der Waals surface area contributed by atoms with Crippen LogP contribution in [-0.4, -0.2) is 37.9 Å². The van der Waals surface area contributed by atoms with Crippen LogP contribution < -0.4 is 10.6 Å². The Hall–Kier alpha value is -1.50. The van der Waals surface area contributed by atoms with Crippen molar-refractivity contribution in [3.63, 3.8) is 0 Å². The van der Waals surface area contributed by atoms with Gasteiger partial charge in [0.25, 0.3) is 5.91 Å². The third-order valence-electron chi connectivity index (χ3n) is 3.54. The van der Waals surface area contributed by atoms with E-state index in [4.69, 9.17) is 16.3 Å². The van der Waals surface area contributed by atoms with E-state index in [1.807, 2.05) is 0 Å². The van der Waals surface area contributed by atoms with Crippen LogP contribution in [0.5, 0.6) is 0 Å². The molecule has 0 spiro atoms. The lowest BCUT2D eigenvalue weighted by Crippen LogP contribution is -2.38. The van der Waals surface area contributed by atoms with E-state index in [1.54, 1.807) is 12.1 Å². The maximum atomic E-state index is 13.7. The number of hydrogen-bond donors (Lipinski definition) is 2. The Morgan fingerprint density at radius 3 is 3.00 bits per heavy atom. The van der Waals surface area contributed by atoms with Gasteiger partial charge in [-0.2, -0.15) is 0 Å². The Labute approximate surface area is 133 Å². The smallest absolute Gasteiger partial charge is 0.287 e. The normalized spacial score (nSPS) is 22.0. The van der Waals surface area contributed by atoms with Gasteiger partial charge in [-0.1, -0.05) is 23.7 Å². The van der Waals surface area contributed by atoms with E-state index in [0.717, 1.165) is 0 Å². The molecule has 0 bridgehead atoms. The summed E-state index contributed by atoms with van der Waals surface area (Å²) in [5.41, 5.74) is 0.549. The van der Waals surface area contributed by atoms with Crippen molar-refractivity contribution >= 4 is 23.3 Å². The van der Waals surface area contributed by atoms with E-state index in [2.05, 4.69) is 10.6 Å². The molecule has 2 N–H and O–H groups in total. The minimum atomic E-state index is -0.645. The summed E-state index contributed by atoms with van der Waals surface area (Å²) in [6.07, 6.45) is -0.453. The number of nitrogens with one attached hydrogen (secondary N) is 2. The summed E-state index contributed by atoms with van der Waals surface area (Å²) in [4.78, 5) is 22.4. The highest BCUT2D eigenvalue weighted by Gasteiger charge is 2.29. The third kappa shape index (κ3) is 4.03. The molecule has 1 aliphatic heterocycles. The van der Waals surface area contributed by atoms with Crippen molar-refractivity contribution < 1.29 is 18.7 Å². The van der Waals surface area contributed by atoms with Gasteiger partial charge in [-0.05, 0) is 6.07 Å². The van der Waals surface area contributed by atoms with Gasteiger partial charge in [-0.25, -0.2) is 4.39 Å². The van der Waals surface area contributed by atoms with Crippen LogP contribution in [0.3, 0.4) is 0 Å². The fourth-order valence-electron chi connectivity index (χ4n) is 2.40. The number of ketones is 1. The summed E-state index contributed by atoms with van der Waals surface area (Å²) in [5.74, 6) is -1.87. The molecule has 22 heavy (non-hydrogen) atoms. The number of benzene rings is 1. The number of carbonyl (C=O) groups excluding carboxylic acids is 2. The number of halogens is 2. The number of ether oxygens (including phenoxy) is 1. The van der Waals surface area contributed by atoms with E-state index in [1.165, 1.54) is 13.0 Å². The Bertz CT molecular complexity index is 568. The van der Waals surface area contributed by atoms with Crippen molar-refractivity contribution in [3.05, 3.63) is 34.6 Å². The second kappa shape index (κ2) is 7.67. The molecule has 0 unspecified atom stereocenters. The zero-order chi connectivity index (χ0) is 16.1. The lowest BCUT2D eigenvalue weighted by molar-refractivity contribution is -0.136. The Morgan fingerprint density at radius 1 is 1.50 bits per heavy atom. The lowest BCUT2D eigenvalue weighted by atomic mass is 9.95. The van der Waals surface area contributed by atoms with Crippen molar-refractivity contribution in [2.75, 3.05) is 26.2 Å². The van der Waals surface area contributed by atoms with Crippen LogP contribution in [0, 0.1) is 11.7 Å². The van der Waals surface area contributed by atoms with E-state index in [0.29, 0.717) is 25.3 Å². The molecule has 120 valence electrons. The first-order valence-electron chi connectivity index (χ1n) is 7.05. The van der Waals surface area contributed by atoms with Crippen LogP contribution >= 0.6 is 11.6 Å². The molecule has 7 heteroatoms. The van der Waals surface area contributed by atoms with Gasteiger partial charge in [0.05, 0.1) is 17.7 Å². The van der Waals surface area contributed by atoms with Gasteiger partial charge < -0.3 is 15.4 Å². The third-order valence-corrected chi connectivity index (χ3v) is 3.94. The van der Waals surface area contributed by atoms with Gasteiger partial charge in [0.2, 0.25) is 5.78 Å². The van der Waals surface area contributed by atoms with Crippen LogP contribution in [-0.2, 0) is 14.3 Å². The second-order valence-corrected chi connectivity index (χ2v) is 5.54. The number of rotatable bonds is 4. The van der Waals surface area contributed by atoms with Crippen LogP contribution in [0.15, 0.2) is 18.2 Å². The van der Waals surface area contributed by atoms with Crippen LogP contribution in [0.2, 0.25) is 5.02 Å². The first-order chi connectivity index (χ1) is 10.5. The van der Waals surface area contributed by atoms with Crippen molar-refractivity contribution in [2.24, 2.45) is 5.92 Å². The quantitative estimate of drug-likeness (QED) is 0.821. The molecule has 1 heterocycles. The zero-order valence-corrected chi connectivity index (χ0v) is 13.0. The molecule has 1 fully saturated rings. The molecule has 1 aromatic rings. The van der Waals surface area contributed by atoms with Gasteiger partial charge in [0.1, 0.15) is 5.82 Å². The predicted molar refractivity (Wildman–Crippen MR) is 80.2 cm³/mol. The van der Waals surface area contributed by atoms with Crippen molar-refractivity contribution in [1.29, 1.82) is 0 Å². The molecule has 2 rings (SSSR count). The Balaban J connectivity index is 2.18. The standard InChI is InChI=1S/C15H18ClFN2O3/c1-9(20)15(21)19-8-10-7-18-5-6-22-14(10)11-3-2-4-12(17)13(11)16/h2-4,10,14,18H,5-8H2,1H3,(H,19,21)/t10-,14+/m0/s1. The fourth-order valence-corrected chi connectivity index (χ4v) is 2.63. The van der Waals surface area contributed by atoms with Crippen molar-refractivity contribution in [2.45, 2.75) is 13.0 Å². The average Bonchev–Trinajstić information content (AvgIpc) is 2.73. The minimum absolute atomic E-state index is 0.0253. The molecule has 1 aliphatic rings. The molecule has 5 nitrogen and oxygen atoms in total. The number of amides is 1. The van der Waals surface area contributed by atoms with Gasteiger partial charge >= 0.3 is 0 Å². The number of carbonyl (C=O) groups is 2. The summed E-state index contributed by atoms with van der Waals surface area (Å²) in [7, 11) is 0. The monoisotopic (exact) mass is 328 g/mol. The highest BCUT2D eigenvalue weighted by molar-refractivity contribution is 6.35. The fraction of sp³-hybridized carbons (Fsp3) is 0.467. The molecule has 1 amide bonds.